The van der Waals surface area contributed by atoms with Gasteiger partial charge in [-0.25, -0.2) is 4.79 Å². The molecule has 0 heterocycles. The van der Waals surface area contributed by atoms with Gasteiger partial charge in [0.05, 0.1) is 12.5 Å². The Kier molecular flexibility index (Phi) is 10.1. The fraction of sp³-hybridized carbons (Fsp3) is 0.333. The van der Waals surface area contributed by atoms with Crippen molar-refractivity contribution < 1.29 is 9.59 Å². The number of hydrogen-bond donors (Lipinski definition) is 3. The maximum Gasteiger partial charge on any atom is 0.312 e. The Morgan fingerprint density at radius 1 is 1.04 bits per heavy atom. The molecule has 0 fully saturated rings. The number of urea groups is 1. The number of primary amides is 1. The summed E-state index contributed by atoms with van der Waals surface area (Å²) in [6.07, 6.45) is 0.896. The number of hydrogen-bond acceptors (Lipinski definition) is 3. The quantitative estimate of drug-likeness (QED) is 0.598. The lowest BCUT2D eigenvalue weighted by Crippen LogP contribution is -2.41. The van der Waals surface area contributed by atoms with Crippen LogP contribution in [0.5, 0.6) is 0 Å². The number of nitrogens with two attached hydrogens (primary N) is 2. The van der Waals surface area contributed by atoms with Gasteiger partial charge in [-0.15, -0.1) is 12.4 Å². The van der Waals surface area contributed by atoms with E-state index in [0.29, 0.717) is 19.6 Å². The summed E-state index contributed by atoms with van der Waals surface area (Å²) in [6, 6.07) is 16.5. The average Bonchev–Trinajstić information content (AvgIpc) is 2.65. The number of aryl methyl sites for hydroxylation is 1. The molecule has 0 bridgehead atoms. The molecule has 0 aliphatic heterocycles. The number of rotatable bonds is 9. The van der Waals surface area contributed by atoms with Crippen LogP contribution < -0.4 is 16.8 Å². The third-order valence-corrected chi connectivity index (χ3v) is 4.52. The van der Waals surface area contributed by atoms with Crippen molar-refractivity contribution in [1.29, 1.82) is 0 Å². The van der Waals surface area contributed by atoms with Crippen LogP contribution in [0.25, 0.3) is 0 Å². The number of nitrogens with one attached hydrogen (secondary N) is 1. The van der Waals surface area contributed by atoms with E-state index in [-0.39, 0.29) is 24.7 Å². The van der Waals surface area contributed by atoms with Gasteiger partial charge in [0.2, 0.25) is 5.91 Å². The normalized spacial score (nSPS) is 11.2. The fourth-order valence-electron chi connectivity index (χ4n) is 3.12. The second-order valence-electron chi connectivity index (χ2n) is 6.53. The van der Waals surface area contributed by atoms with E-state index in [0.717, 1.165) is 23.1 Å². The smallest absolute Gasteiger partial charge is 0.312 e. The zero-order chi connectivity index (χ0) is 19.6. The van der Waals surface area contributed by atoms with Crippen LogP contribution in [0.2, 0.25) is 0 Å². The van der Waals surface area contributed by atoms with E-state index in [1.54, 1.807) is 4.90 Å². The van der Waals surface area contributed by atoms with Crippen molar-refractivity contribution in [2.45, 2.75) is 25.8 Å². The van der Waals surface area contributed by atoms with Crippen LogP contribution in [0.4, 0.5) is 4.79 Å². The predicted molar refractivity (Wildman–Crippen MR) is 114 cm³/mol. The van der Waals surface area contributed by atoms with Gasteiger partial charge in [-0.1, -0.05) is 54.6 Å². The molecule has 0 spiro atoms. The van der Waals surface area contributed by atoms with E-state index in [2.05, 4.69) is 5.32 Å². The first kappa shape index (κ1) is 23.5. The number of nitrogens with zero attached hydrogens (tertiary/aromatic N) is 1. The van der Waals surface area contributed by atoms with E-state index in [9.17, 15) is 9.59 Å². The molecule has 6 nitrogen and oxygen atoms in total. The number of benzene rings is 2. The summed E-state index contributed by atoms with van der Waals surface area (Å²) in [4.78, 5) is 26.1. The third-order valence-electron chi connectivity index (χ3n) is 4.52. The Labute approximate surface area is 172 Å². The van der Waals surface area contributed by atoms with Crippen molar-refractivity contribution in [3.63, 3.8) is 0 Å². The van der Waals surface area contributed by atoms with Gasteiger partial charge < -0.3 is 21.7 Å². The predicted octanol–water partition coefficient (Wildman–Crippen LogP) is 2.55. The first-order chi connectivity index (χ1) is 13.0. The zero-order valence-corrected chi connectivity index (χ0v) is 17.0. The van der Waals surface area contributed by atoms with Gasteiger partial charge in [0.25, 0.3) is 0 Å². The van der Waals surface area contributed by atoms with Crippen LogP contribution in [0.15, 0.2) is 54.6 Å². The van der Waals surface area contributed by atoms with Gasteiger partial charge in [0, 0.05) is 19.6 Å². The molecule has 1 unspecified atom stereocenters. The molecule has 0 aliphatic carbocycles. The molecule has 3 amide bonds. The van der Waals surface area contributed by atoms with Crippen LogP contribution in [0, 0.1) is 6.92 Å². The van der Waals surface area contributed by atoms with Crippen molar-refractivity contribution in [3.05, 3.63) is 71.3 Å². The monoisotopic (exact) mass is 404 g/mol. The highest BCUT2D eigenvalue weighted by atomic mass is 35.5. The van der Waals surface area contributed by atoms with Gasteiger partial charge in [-0.3, -0.25) is 4.79 Å². The molecular weight excluding hydrogens is 376 g/mol. The minimum atomic E-state index is -0.647. The summed E-state index contributed by atoms with van der Waals surface area (Å²) >= 11 is 0. The number of halogens is 1. The van der Waals surface area contributed by atoms with Crippen molar-refractivity contribution in [2.75, 3.05) is 19.6 Å². The summed E-state index contributed by atoms with van der Waals surface area (Å²) in [5, 5.41) is 2.70. The van der Waals surface area contributed by atoms with Crippen molar-refractivity contribution in [1.82, 2.24) is 10.2 Å². The lowest BCUT2D eigenvalue weighted by Gasteiger charge is -2.26. The van der Waals surface area contributed by atoms with E-state index in [4.69, 9.17) is 11.5 Å². The lowest BCUT2D eigenvalue weighted by molar-refractivity contribution is -0.131. The van der Waals surface area contributed by atoms with Gasteiger partial charge in [-0.05, 0) is 30.0 Å². The molecule has 7 heteroatoms. The van der Waals surface area contributed by atoms with Gasteiger partial charge in [0.1, 0.15) is 0 Å². The molecule has 0 radical (unpaired) electrons. The lowest BCUT2D eigenvalue weighted by atomic mass is 9.98. The zero-order valence-electron chi connectivity index (χ0n) is 16.1. The first-order valence-electron chi connectivity index (χ1n) is 9.14. The molecule has 28 heavy (non-hydrogen) atoms. The minimum absolute atomic E-state index is 0. The highest BCUT2D eigenvalue weighted by Gasteiger charge is 2.22. The summed E-state index contributed by atoms with van der Waals surface area (Å²) in [5.41, 5.74) is 14.1. The molecule has 5 N–H and O–H groups in total. The molecule has 0 saturated carbocycles. The van der Waals surface area contributed by atoms with E-state index < -0.39 is 12.1 Å². The third kappa shape index (κ3) is 7.21. The van der Waals surface area contributed by atoms with E-state index >= 15 is 0 Å². The van der Waals surface area contributed by atoms with Crippen LogP contribution in [-0.2, 0) is 11.2 Å². The van der Waals surface area contributed by atoms with Gasteiger partial charge in [0.15, 0.2) is 0 Å². The standard InChI is InChI=1S/C21H28N4O2.ClH/c1-16-7-5-6-10-18(16)19(24-21(23)27)15-20(26)25(14-12-22)13-11-17-8-3-2-4-9-17;/h2-10,19H,11-15,22H2,1H3,(H3,23,24,27);1H. The Balaban J connectivity index is 0.00000392. The Hall–Kier alpha value is -2.57. The number of carbonyl (C=O) groups excluding carboxylic acids is 2. The Bertz CT molecular complexity index is 755. The molecule has 2 rings (SSSR count). The highest BCUT2D eigenvalue weighted by molar-refractivity contribution is 5.85. The topological polar surface area (TPSA) is 101 Å². The molecule has 0 saturated heterocycles. The molecule has 0 aromatic heterocycles. The number of carbonyl (C=O) groups is 2. The highest BCUT2D eigenvalue weighted by Crippen LogP contribution is 2.21. The average molecular weight is 405 g/mol. The number of amides is 3. The SMILES string of the molecule is Cc1ccccc1C(CC(=O)N(CCN)CCc1ccccc1)NC(N)=O.Cl. The molecule has 2 aromatic rings. The summed E-state index contributed by atoms with van der Waals surface area (Å²) in [6.45, 7) is 3.39. The first-order valence-corrected chi connectivity index (χ1v) is 9.14. The Morgan fingerprint density at radius 3 is 2.29 bits per heavy atom. The van der Waals surface area contributed by atoms with E-state index in [1.165, 1.54) is 0 Å². The summed E-state index contributed by atoms with van der Waals surface area (Å²) in [7, 11) is 0. The maximum atomic E-state index is 12.9. The molecule has 0 aliphatic rings. The van der Waals surface area contributed by atoms with Crippen LogP contribution in [0.3, 0.4) is 0 Å². The van der Waals surface area contributed by atoms with Gasteiger partial charge >= 0.3 is 6.03 Å². The summed E-state index contributed by atoms with van der Waals surface area (Å²) in [5.74, 6) is -0.0571. The van der Waals surface area contributed by atoms with Crippen LogP contribution >= 0.6 is 12.4 Å². The largest absolute Gasteiger partial charge is 0.352 e. The maximum absolute atomic E-state index is 12.9. The molecule has 2 aromatic carbocycles. The second-order valence-corrected chi connectivity index (χ2v) is 6.53. The minimum Gasteiger partial charge on any atom is -0.352 e. The Morgan fingerprint density at radius 2 is 1.68 bits per heavy atom. The van der Waals surface area contributed by atoms with Crippen LogP contribution in [0.1, 0.15) is 29.2 Å². The summed E-state index contributed by atoms with van der Waals surface area (Å²) < 4.78 is 0. The van der Waals surface area contributed by atoms with Crippen molar-refractivity contribution in [3.8, 4) is 0 Å². The van der Waals surface area contributed by atoms with E-state index in [1.807, 2.05) is 61.5 Å². The second kappa shape index (κ2) is 12.0. The molecule has 1 atom stereocenters. The van der Waals surface area contributed by atoms with Crippen molar-refractivity contribution >= 4 is 24.3 Å². The molecule has 152 valence electrons. The molecular formula is C21H29ClN4O2. The fourth-order valence-corrected chi connectivity index (χ4v) is 3.12. The van der Waals surface area contributed by atoms with Crippen LogP contribution in [-0.4, -0.2) is 36.5 Å². The van der Waals surface area contributed by atoms with Crippen molar-refractivity contribution in [2.24, 2.45) is 11.5 Å². The van der Waals surface area contributed by atoms with Gasteiger partial charge in [-0.2, -0.15) is 0 Å².